The van der Waals surface area contributed by atoms with Crippen molar-refractivity contribution >= 4 is 17.7 Å². The topological polar surface area (TPSA) is 122 Å². The summed E-state index contributed by atoms with van der Waals surface area (Å²) in [6.45, 7) is 5.07. The van der Waals surface area contributed by atoms with Crippen LogP contribution in [0.4, 0.5) is 10.5 Å². The third kappa shape index (κ3) is 7.25. The molecule has 0 bridgehead atoms. The van der Waals surface area contributed by atoms with Crippen LogP contribution in [0.25, 0.3) is 0 Å². The van der Waals surface area contributed by atoms with Gasteiger partial charge in [-0.25, -0.2) is 4.79 Å². The number of benzene rings is 1. The fourth-order valence-electron chi connectivity index (χ4n) is 1.89. The standard InChI is InChI=1S/C15H20N2O6/c1-15(2,3)23-14(20)16-11(9-13(18)19)8-10-4-6-12(7-5-10)17(21)22/h4-7,11H,8-9H2,1-3H3,(H,16,20)(H,18,19)/p-1/t11-/m1/s1. The van der Waals surface area contributed by atoms with Gasteiger partial charge in [-0.1, -0.05) is 12.1 Å². The molecule has 8 nitrogen and oxygen atoms in total. The Hall–Kier alpha value is -2.64. The number of nitro groups is 1. The van der Waals surface area contributed by atoms with Crippen molar-refractivity contribution in [2.45, 2.75) is 45.3 Å². The van der Waals surface area contributed by atoms with Crippen molar-refractivity contribution in [1.29, 1.82) is 0 Å². The molecule has 0 aliphatic carbocycles. The van der Waals surface area contributed by atoms with Crippen LogP contribution in [0.3, 0.4) is 0 Å². The van der Waals surface area contributed by atoms with Crippen molar-refractivity contribution < 1.29 is 24.4 Å². The van der Waals surface area contributed by atoms with Gasteiger partial charge in [-0.15, -0.1) is 0 Å². The number of carbonyl (C=O) groups is 2. The maximum atomic E-state index is 11.7. The summed E-state index contributed by atoms with van der Waals surface area (Å²) in [4.78, 5) is 32.6. The first-order chi connectivity index (χ1) is 10.6. The van der Waals surface area contributed by atoms with Gasteiger partial charge in [0.1, 0.15) is 5.60 Å². The number of ether oxygens (including phenoxy) is 1. The number of alkyl carbamates (subject to hydrolysis) is 1. The van der Waals surface area contributed by atoms with Crippen molar-refractivity contribution in [3.05, 3.63) is 39.9 Å². The number of nitrogens with zero attached hydrogens (tertiary/aromatic N) is 1. The smallest absolute Gasteiger partial charge is 0.407 e. The quantitative estimate of drug-likeness (QED) is 0.619. The Kier molecular flexibility index (Phi) is 6.06. The molecule has 0 aliphatic heterocycles. The summed E-state index contributed by atoms with van der Waals surface area (Å²) in [5.41, 5.74) is -0.119. The van der Waals surface area contributed by atoms with Gasteiger partial charge in [-0.05, 0) is 32.8 Å². The molecule has 1 rings (SSSR count). The van der Waals surface area contributed by atoms with Crippen LogP contribution in [-0.4, -0.2) is 28.6 Å². The molecule has 0 spiro atoms. The summed E-state index contributed by atoms with van der Waals surface area (Å²) in [6, 6.07) is 4.92. The molecule has 23 heavy (non-hydrogen) atoms. The molecule has 1 N–H and O–H groups in total. The van der Waals surface area contributed by atoms with E-state index >= 15 is 0 Å². The Morgan fingerprint density at radius 1 is 1.26 bits per heavy atom. The minimum atomic E-state index is -1.31. The van der Waals surface area contributed by atoms with Crippen molar-refractivity contribution in [2.24, 2.45) is 0 Å². The number of nitrogens with one attached hydrogen (secondary N) is 1. The highest BCUT2D eigenvalue weighted by Gasteiger charge is 2.20. The number of nitro benzene ring substituents is 1. The van der Waals surface area contributed by atoms with Crippen molar-refractivity contribution in [2.75, 3.05) is 0 Å². The Bertz CT molecular complexity index is 577. The number of carbonyl (C=O) groups excluding carboxylic acids is 2. The molecule has 1 aromatic carbocycles. The Morgan fingerprint density at radius 3 is 2.26 bits per heavy atom. The number of hydrogen-bond acceptors (Lipinski definition) is 6. The highest BCUT2D eigenvalue weighted by atomic mass is 16.6. The summed E-state index contributed by atoms with van der Waals surface area (Å²) >= 11 is 0. The van der Waals surface area contributed by atoms with Crippen LogP contribution < -0.4 is 10.4 Å². The van der Waals surface area contributed by atoms with Crippen LogP contribution in [0, 0.1) is 10.1 Å². The SMILES string of the molecule is CC(C)(C)OC(=O)N[C@@H](CC(=O)[O-])Cc1ccc([N+](=O)[O-])cc1. The predicted molar refractivity (Wildman–Crippen MR) is 79.6 cm³/mol. The van der Waals surface area contributed by atoms with Gasteiger partial charge in [0.05, 0.1) is 4.92 Å². The van der Waals surface area contributed by atoms with Crippen molar-refractivity contribution in [3.63, 3.8) is 0 Å². The predicted octanol–water partition coefficient (Wildman–Crippen LogP) is 1.17. The molecule has 0 radical (unpaired) electrons. The molecule has 0 aromatic heterocycles. The lowest BCUT2D eigenvalue weighted by Gasteiger charge is -2.24. The fraction of sp³-hybridized carbons (Fsp3) is 0.467. The zero-order valence-corrected chi connectivity index (χ0v) is 13.2. The maximum Gasteiger partial charge on any atom is 0.407 e. The normalized spacial score (nSPS) is 12.3. The van der Waals surface area contributed by atoms with E-state index in [1.54, 1.807) is 20.8 Å². The van der Waals surface area contributed by atoms with Gasteiger partial charge in [0, 0.05) is 30.6 Å². The number of carboxylic acids is 1. The van der Waals surface area contributed by atoms with E-state index in [0.29, 0.717) is 5.56 Å². The molecule has 0 fully saturated rings. The largest absolute Gasteiger partial charge is 0.550 e. The third-order valence-corrected chi connectivity index (χ3v) is 2.76. The zero-order valence-electron chi connectivity index (χ0n) is 13.2. The van der Waals surface area contributed by atoms with Crippen molar-refractivity contribution in [1.82, 2.24) is 5.32 Å². The van der Waals surface area contributed by atoms with Crippen LogP contribution in [-0.2, 0) is 16.0 Å². The molecule has 1 amide bonds. The molecule has 0 saturated heterocycles. The third-order valence-electron chi connectivity index (χ3n) is 2.76. The van der Waals surface area contributed by atoms with E-state index in [1.807, 2.05) is 0 Å². The molecule has 0 saturated carbocycles. The van der Waals surface area contributed by atoms with Gasteiger partial charge < -0.3 is 20.0 Å². The minimum absolute atomic E-state index is 0.0645. The number of carboxylic acid groups (broad SMARTS) is 1. The van der Waals surface area contributed by atoms with Crippen molar-refractivity contribution in [3.8, 4) is 0 Å². The van der Waals surface area contributed by atoms with Crippen LogP contribution >= 0.6 is 0 Å². The lowest BCUT2D eigenvalue weighted by molar-refractivity contribution is -0.384. The van der Waals surface area contributed by atoms with E-state index in [9.17, 15) is 24.8 Å². The van der Waals surface area contributed by atoms with Gasteiger partial charge in [-0.2, -0.15) is 0 Å². The molecule has 0 aliphatic rings. The van der Waals surface area contributed by atoms with Gasteiger partial charge in [0.2, 0.25) is 0 Å². The molecule has 1 aromatic rings. The van der Waals surface area contributed by atoms with Gasteiger partial charge in [-0.3, -0.25) is 10.1 Å². The van der Waals surface area contributed by atoms with Gasteiger partial charge in [0.25, 0.3) is 5.69 Å². The number of hydrogen-bond donors (Lipinski definition) is 1. The Labute approximate surface area is 133 Å². The highest BCUT2D eigenvalue weighted by Crippen LogP contribution is 2.14. The Balaban J connectivity index is 2.76. The summed E-state index contributed by atoms with van der Waals surface area (Å²) in [5.74, 6) is -1.31. The fourth-order valence-corrected chi connectivity index (χ4v) is 1.89. The van der Waals surface area contributed by atoms with E-state index in [-0.39, 0.29) is 12.1 Å². The lowest BCUT2D eigenvalue weighted by atomic mass is 10.0. The monoisotopic (exact) mass is 323 g/mol. The second-order valence-electron chi connectivity index (χ2n) is 6.05. The van der Waals surface area contributed by atoms with Crippen LogP contribution in [0.2, 0.25) is 0 Å². The first-order valence-corrected chi connectivity index (χ1v) is 6.99. The molecule has 0 heterocycles. The second-order valence-corrected chi connectivity index (χ2v) is 6.05. The zero-order chi connectivity index (χ0) is 17.6. The van der Waals surface area contributed by atoms with Gasteiger partial charge >= 0.3 is 6.09 Å². The number of non-ortho nitro benzene ring substituents is 1. The molecular weight excluding hydrogens is 304 g/mol. The minimum Gasteiger partial charge on any atom is -0.550 e. The molecule has 126 valence electrons. The average Bonchev–Trinajstić information content (AvgIpc) is 2.35. The van der Waals surface area contributed by atoms with Crippen LogP contribution in [0.15, 0.2) is 24.3 Å². The average molecular weight is 323 g/mol. The number of amides is 1. The van der Waals surface area contributed by atoms with E-state index in [1.165, 1.54) is 24.3 Å². The van der Waals surface area contributed by atoms with E-state index in [0.717, 1.165) is 0 Å². The van der Waals surface area contributed by atoms with E-state index < -0.39 is 35.0 Å². The second kappa shape index (κ2) is 7.57. The van der Waals surface area contributed by atoms with E-state index in [2.05, 4.69) is 5.32 Å². The maximum absolute atomic E-state index is 11.7. The molecular formula is C15H19N2O6-. The number of aliphatic carboxylic acids is 1. The van der Waals surface area contributed by atoms with E-state index in [4.69, 9.17) is 4.74 Å². The molecule has 8 heteroatoms. The summed E-state index contributed by atoms with van der Waals surface area (Å²) < 4.78 is 5.09. The number of rotatable bonds is 6. The summed E-state index contributed by atoms with van der Waals surface area (Å²) in [5, 5.41) is 23.9. The molecule has 1 atom stereocenters. The highest BCUT2D eigenvalue weighted by molar-refractivity contribution is 5.70. The summed E-state index contributed by atoms with van der Waals surface area (Å²) in [6.07, 6.45) is -0.938. The lowest BCUT2D eigenvalue weighted by Crippen LogP contribution is -2.43. The van der Waals surface area contributed by atoms with Gasteiger partial charge in [0.15, 0.2) is 0 Å². The van der Waals surface area contributed by atoms with Crippen LogP contribution in [0.1, 0.15) is 32.8 Å². The first-order valence-electron chi connectivity index (χ1n) is 6.99. The first kappa shape index (κ1) is 18.4. The molecule has 0 unspecified atom stereocenters. The Morgan fingerprint density at radius 2 is 1.83 bits per heavy atom. The summed E-state index contributed by atoms with van der Waals surface area (Å²) in [7, 11) is 0. The van der Waals surface area contributed by atoms with Crippen LogP contribution in [0.5, 0.6) is 0 Å².